The molecule has 1 rings (SSSR count). The number of para-hydroxylation sites is 1. The highest BCUT2D eigenvalue weighted by Gasteiger charge is 2.24. The van der Waals surface area contributed by atoms with E-state index in [1.807, 2.05) is 44.4 Å². The van der Waals surface area contributed by atoms with Crippen molar-refractivity contribution >= 4 is 17.7 Å². The molecule has 17 heavy (non-hydrogen) atoms. The quantitative estimate of drug-likeness (QED) is 0.364. The molecule has 0 saturated heterocycles. The summed E-state index contributed by atoms with van der Waals surface area (Å²) in [5, 5.41) is 0. The summed E-state index contributed by atoms with van der Waals surface area (Å²) >= 11 is 1.58. The number of rotatable bonds is 5. The molecule has 1 unspecified atom stereocenters. The van der Waals surface area contributed by atoms with Crippen LogP contribution in [0.3, 0.4) is 0 Å². The van der Waals surface area contributed by atoms with E-state index >= 15 is 0 Å². The molecule has 0 radical (unpaired) electrons. The normalized spacial score (nSPS) is 12.3. The molecule has 4 nitrogen and oxygen atoms in total. The van der Waals surface area contributed by atoms with Crippen LogP contribution in [-0.2, 0) is 4.79 Å². The zero-order valence-corrected chi connectivity index (χ0v) is 11.1. The van der Waals surface area contributed by atoms with Gasteiger partial charge < -0.3 is 4.74 Å². The van der Waals surface area contributed by atoms with Crippen molar-refractivity contribution in [2.45, 2.75) is 24.8 Å². The van der Waals surface area contributed by atoms with Gasteiger partial charge in [0.15, 0.2) is 6.10 Å². The van der Waals surface area contributed by atoms with Crippen molar-refractivity contribution in [2.24, 2.45) is 11.8 Å². The van der Waals surface area contributed by atoms with E-state index in [0.717, 1.165) is 4.90 Å². The summed E-state index contributed by atoms with van der Waals surface area (Å²) in [7, 11) is 0. The fourth-order valence-electron chi connectivity index (χ4n) is 1.43. The van der Waals surface area contributed by atoms with Gasteiger partial charge in [-0.25, -0.2) is 5.84 Å². The number of nitrogens with one attached hydrogen (secondary N) is 1. The minimum Gasteiger partial charge on any atom is -0.479 e. The van der Waals surface area contributed by atoms with E-state index in [1.54, 1.807) is 11.8 Å². The third kappa shape index (κ3) is 3.64. The van der Waals surface area contributed by atoms with Crippen LogP contribution in [0.25, 0.3) is 0 Å². The van der Waals surface area contributed by atoms with Gasteiger partial charge in [-0.05, 0) is 24.3 Å². The molecule has 1 aromatic carbocycles. The van der Waals surface area contributed by atoms with E-state index in [-0.39, 0.29) is 11.8 Å². The Balaban J connectivity index is 2.89. The smallest absolute Gasteiger partial charge is 0.275 e. The van der Waals surface area contributed by atoms with Crippen LogP contribution in [0.2, 0.25) is 0 Å². The van der Waals surface area contributed by atoms with Crippen LogP contribution >= 0.6 is 11.8 Å². The number of benzene rings is 1. The van der Waals surface area contributed by atoms with Crippen molar-refractivity contribution in [1.82, 2.24) is 5.43 Å². The number of carbonyl (C=O) groups is 1. The molecule has 1 amide bonds. The SMILES string of the molecule is CSc1ccccc1OC(C(=O)NN)C(C)C. The van der Waals surface area contributed by atoms with E-state index in [2.05, 4.69) is 5.43 Å². The number of hydrogen-bond donors (Lipinski definition) is 2. The molecule has 1 aromatic rings. The first-order valence-electron chi connectivity index (χ1n) is 5.40. The highest BCUT2D eigenvalue weighted by Crippen LogP contribution is 2.28. The zero-order valence-electron chi connectivity index (χ0n) is 10.3. The lowest BCUT2D eigenvalue weighted by Crippen LogP contribution is -2.44. The Morgan fingerprint density at radius 3 is 2.59 bits per heavy atom. The lowest BCUT2D eigenvalue weighted by atomic mass is 10.1. The number of carbonyl (C=O) groups excluding carboxylic acids is 1. The Bertz CT molecular complexity index is 383. The van der Waals surface area contributed by atoms with Gasteiger partial charge in [-0.15, -0.1) is 11.8 Å². The predicted molar refractivity (Wildman–Crippen MR) is 69.8 cm³/mol. The summed E-state index contributed by atoms with van der Waals surface area (Å²) in [6, 6.07) is 7.63. The molecule has 0 aliphatic heterocycles. The first-order valence-corrected chi connectivity index (χ1v) is 6.62. The summed E-state index contributed by atoms with van der Waals surface area (Å²) in [4.78, 5) is 12.6. The van der Waals surface area contributed by atoms with Crippen molar-refractivity contribution < 1.29 is 9.53 Å². The summed E-state index contributed by atoms with van der Waals surface area (Å²) in [6.07, 6.45) is 1.39. The fourth-order valence-corrected chi connectivity index (χ4v) is 1.96. The number of thioether (sulfide) groups is 1. The second-order valence-electron chi connectivity index (χ2n) is 3.94. The third-order valence-electron chi connectivity index (χ3n) is 2.33. The first-order chi connectivity index (χ1) is 8.10. The monoisotopic (exact) mass is 254 g/mol. The molecule has 0 bridgehead atoms. The molecular formula is C12H18N2O2S. The number of amides is 1. The molecule has 3 N–H and O–H groups in total. The lowest BCUT2D eigenvalue weighted by molar-refractivity contribution is -0.129. The van der Waals surface area contributed by atoms with Gasteiger partial charge in [0.25, 0.3) is 5.91 Å². The molecule has 0 spiro atoms. The van der Waals surface area contributed by atoms with Crippen LogP contribution in [-0.4, -0.2) is 18.3 Å². The van der Waals surface area contributed by atoms with Crippen LogP contribution in [0.1, 0.15) is 13.8 Å². The highest BCUT2D eigenvalue weighted by atomic mass is 32.2. The standard InChI is InChI=1S/C12H18N2O2S/c1-8(2)11(12(15)14-13)16-9-6-4-5-7-10(9)17-3/h4-8,11H,13H2,1-3H3,(H,14,15). The summed E-state index contributed by atoms with van der Waals surface area (Å²) in [5.74, 6) is 5.60. The topological polar surface area (TPSA) is 64.3 Å². The van der Waals surface area contributed by atoms with Crippen LogP contribution in [0, 0.1) is 5.92 Å². The van der Waals surface area contributed by atoms with Gasteiger partial charge in [-0.3, -0.25) is 10.2 Å². The Morgan fingerprint density at radius 1 is 1.41 bits per heavy atom. The molecule has 0 aromatic heterocycles. The summed E-state index contributed by atoms with van der Waals surface area (Å²) < 4.78 is 5.74. The van der Waals surface area contributed by atoms with Gasteiger partial charge in [-0.1, -0.05) is 26.0 Å². The molecule has 0 aliphatic carbocycles. The zero-order chi connectivity index (χ0) is 12.8. The molecule has 0 saturated carbocycles. The molecule has 94 valence electrons. The van der Waals surface area contributed by atoms with Gasteiger partial charge >= 0.3 is 0 Å². The van der Waals surface area contributed by atoms with Crippen LogP contribution < -0.4 is 16.0 Å². The summed E-state index contributed by atoms with van der Waals surface area (Å²) in [5.41, 5.74) is 2.13. The Kier molecular flexibility index (Phi) is 5.31. The van der Waals surface area contributed by atoms with Crippen molar-refractivity contribution in [1.29, 1.82) is 0 Å². The minimum absolute atomic E-state index is 0.0495. The lowest BCUT2D eigenvalue weighted by Gasteiger charge is -2.21. The average molecular weight is 254 g/mol. The molecule has 5 heteroatoms. The van der Waals surface area contributed by atoms with Gasteiger partial charge in [0.1, 0.15) is 5.75 Å². The van der Waals surface area contributed by atoms with Gasteiger partial charge in [0, 0.05) is 4.90 Å². The van der Waals surface area contributed by atoms with Gasteiger partial charge in [-0.2, -0.15) is 0 Å². The second kappa shape index (κ2) is 6.51. The Morgan fingerprint density at radius 2 is 2.06 bits per heavy atom. The molecule has 0 heterocycles. The van der Waals surface area contributed by atoms with E-state index in [1.165, 1.54) is 0 Å². The van der Waals surface area contributed by atoms with E-state index in [9.17, 15) is 4.79 Å². The maximum atomic E-state index is 11.6. The number of hydrogen-bond acceptors (Lipinski definition) is 4. The van der Waals surface area contributed by atoms with Crippen molar-refractivity contribution in [3.8, 4) is 5.75 Å². The average Bonchev–Trinajstić information content (AvgIpc) is 2.35. The predicted octanol–water partition coefficient (Wildman–Crippen LogP) is 1.80. The van der Waals surface area contributed by atoms with Crippen LogP contribution in [0.5, 0.6) is 5.75 Å². The number of nitrogens with two attached hydrogens (primary N) is 1. The first kappa shape index (κ1) is 13.9. The van der Waals surface area contributed by atoms with Gasteiger partial charge in [0.2, 0.25) is 0 Å². The third-order valence-corrected chi connectivity index (χ3v) is 3.11. The molecular weight excluding hydrogens is 236 g/mol. The van der Waals surface area contributed by atoms with Crippen LogP contribution in [0.15, 0.2) is 29.2 Å². The van der Waals surface area contributed by atoms with Gasteiger partial charge in [0.05, 0.1) is 0 Å². The van der Waals surface area contributed by atoms with Crippen molar-refractivity contribution in [2.75, 3.05) is 6.26 Å². The molecule has 0 fully saturated rings. The molecule has 0 aliphatic rings. The maximum absolute atomic E-state index is 11.6. The Labute approximate surface area is 106 Å². The second-order valence-corrected chi connectivity index (χ2v) is 4.79. The van der Waals surface area contributed by atoms with E-state index < -0.39 is 6.10 Å². The van der Waals surface area contributed by atoms with Crippen molar-refractivity contribution in [3.63, 3.8) is 0 Å². The minimum atomic E-state index is -0.576. The summed E-state index contributed by atoms with van der Waals surface area (Å²) in [6.45, 7) is 3.84. The number of ether oxygens (including phenoxy) is 1. The van der Waals surface area contributed by atoms with E-state index in [0.29, 0.717) is 5.75 Å². The Hall–Kier alpha value is -1.20. The maximum Gasteiger partial charge on any atom is 0.275 e. The van der Waals surface area contributed by atoms with Crippen LogP contribution in [0.4, 0.5) is 0 Å². The molecule has 1 atom stereocenters. The van der Waals surface area contributed by atoms with Crippen molar-refractivity contribution in [3.05, 3.63) is 24.3 Å². The van der Waals surface area contributed by atoms with E-state index in [4.69, 9.17) is 10.6 Å². The highest BCUT2D eigenvalue weighted by molar-refractivity contribution is 7.98. The number of hydrazine groups is 1. The largest absolute Gasteiger partial charge is 0.479 e. The fraction of sp³-hybridized carbons (Fsp3) is 0.417.